The molecule has 1 aromatic rings. The first kappa shape index (κ1) is 10.2. The fraction of sp³-hybridized carbons (Fsp3) is 0.300. The second-order valence-corrected chi connectivity index (χ2v) is 4.05. The van der Waals surface area contributed by atoms with Crippen molar-refractivity contribution >= 4 is 17.6 Å². The molecule has 15 heavy (non-hydrogen) atoms. The molecule has 1 saturated carbocycles. The number of benzene rings is 1. The molecule has 0 bridgehead atoms. The number of halogens is 2. The molecule has 0 unspecified atom stereocenters. The summed E-state index contributed by atoms with van der Waals surface area (Å²) in [6, 6.07) is 2.27. The van der Waals surface area contributed by atoms with Gasteiger partial charge in [0, 0.05) is 10.6 Å². The summed E-state index contributed by atoms with van der Waals surface area (Å²) in [5, 5.41) is 18.6. The van der Waals surface area contributed by atoms with Crippen molar-refractivity contribution in [3.8, 4) is 5.75 Å². The Morgan fingerprint density at radius 2 is 2.07 bits per heavy atom. The quantitative estimate of drug-likeness (QED) is 0.820. The fourth-order valence-electron chi connectivity index (χ4n) is 1.69. The highest BCUT2D eigenvalue weighted by atomic mass is 35.5. The first-order valence-electron chi connectivity index (χ1n) is 4.40. The maximum Gasteiger partial charge on any atom is 0.314 e. The maximum atomic E-state index is 13.1. The number of hydrogen-bond acceptors (Lipinski definition) is 2. The van der Waals surface area contributed by atoms with Crippen LogP contribution in [0.4, 0.5) is 4.39 Å². The number of aliphatic carboxylic acids is 1. The average molecular weight is 231 g/mol. The first-order chi connectivity index (χ1) is 6.99. The van der Waals surface area contributed by atoms with Crippen molar-refractivity contribution in [3.63, 3.8) is 0 Å². The van der Waals surface area contributed by atoms with E-state index in [0.29, 0.717) is 12.8 Å². The van der Waals surface area contributed by atoms with Crippen molar-refractivity contribution in [2.45, 2.75) is 18.3 Å². The van der Waals surface area contributed by atoms with Crippen LogP contribution in [0, 0.1) is 5.82 Å². The van der Waals surface area contributed by atoms with Crippen molar-refractivity contribution in [3.05, 3.63) is 28.5 Å². The molecule has 0 amide bonds. The molecule has 80 valence electrons. The second-order valence-electron chi connectivity index (χ2n) is 3.64. The second kappa shape index (κ2) is 3.10. The molecule has 1 aliphatic rings. The Balaban J connectivity index is 2.62. The van der Waals surface area contributed by atoms with Gasteiger partial charge in [-0.05, 0) is 25.0 Å². The van der Waals surface area contributed by atoms with Crippen molar-refractivity contribution in [1.82, 2.24) is 0 Å². The number of carbonyl (C=O) groups is 1. The van der Waals surface area contributed by atoms with Crippen LogP contribution in [0.3, 0.4) is 0 Å². The minimum atomic E-state index is -1.19. The molecule has 5 heteroatoms. The highest BCUT2D eigenvalue weighted by Crippen LogP contribution is 2.54. The zero-order valence-corrected chi connectivity index (χ0v) is 8.38. The van der Waals surface area contributed by atoms with Gasteiger partial charge in [0.15, 0.2) is 11.6 Å². The monoisotopic (exact) mass is 230 g/mol. The zero-order valence-electron chi connectivity index (χ0n) is 7.63. The molecule has 0 heterocycles. The molecule has 1 aromatic carbocycles. The smallest absolute Gasteiger partial charge is 0.314 e. The van der Waals surface area contributed by atoms with Gasteiger partial charge in [0.25, 0.3) is 0 Å². The minimum absolute atomic E-state index is 0.00309. The van der Waals surface area contributed by atoms with E-state index in [2.05, 4.69) is 0 Å². The molecule has 2 rings (SSSR count). The molecule has 0 radical (unpaired) electrons. The van der Waals surface area contributed by atoms with Crippen LogP contribution in [0.5, 0.6) is 5.75 Å². The number of carboxylic acid groups (broad SMARTS) is 1. The number of phenols is 1. The number of rotatable bonds is 2. The molecule has 0 spiro atoms. The van der Waals surface area contributed by atoms with Gasteiger partial charge in [-0.2, -0.15) is 0 Å². The molecule has 2 N–H and O–H groups in total. The summed E-state index contributed by atoms with van der Waals surface area (Å²) in [5.41, 5.74) is -1.19. The predicted molar refractivity (Wildman–Crippen MR) is 51.6 cm³/mol. The standard InChI is InChI=1S/C10H8ClFO3/c11-5-1-2-6(12)8(13)7(5)10(3-4-10)9(14)15/h1-2,13H,3-4H2,(H,14,15). The molecule has 3 nitrogen and oxygen atoms in total. The van der Waals surface area contributed by atoms with Crippen molar-refractivity contribution in [2.75, 3.05) is 0 Å². The van der Waals surface area contributed by atoms with Crippen LogP contribution in [0.15, 0.2) is 12.1 Å². The SMILES string of the molecule is O=C(O)C1(c2c(Cl)ccc(F)c2O)CC1. The zero-order chi connectivity index (χ0) is 11.2. The summed E-state index contributed by atoms with van der Waals surface area (Å²) < 4.78 is 13.1. The Bertz CT molecular complexity index is 441. The number of aromatic hydroxyl groups is 1. The van der Waals surface area contributed by atoms with Gasteiger partial charge in [-0.3, -0.25) is 4.79 Å². The van der Waals surface area contributed by atoms with Gasteiger partial charge < -0.3 is 10.2 Å². The van der Waals surface area contributed by atoms with E-state index in [1.807, 2.05) is 0 Å². The number of hydrogen-bond donors (Lipinski definition) is 2. The van der Waals surface area contributed by atoms with Gasteiger partial charge in [-0.25, -0.2) is 4.39 Å². The van der Waals surface area contributed by atoms with E-state index in [1.54, 1.807) is 0 Å². The minimum Gasteiger partial charge on any atom is -0.505 e. The van der Waals surface area contributed by atoms with Gasteiger partial charge in [0.2, 0.25) is 0 Å². The third-order valence-corrected chi connectivity index (χ3v) is 3.03. The van der Waals surface area contributed by atoms with E-state index in [1.165, 1.54) is 6.07 Å². The van der Waals surface area contributed by atoms with E-state index in [4.69, 9.17) is 16.7 Å². The first-order valence-corrected chi connectivity index (χ1v) is 4.78. The van der Waals surface area contributed by atoms with Crippen LogP contribution in [0.25, 0.3) is 0 Å². The molecule has 0 atom stereocenters. The van der Waals surface area contributed by atoms with Crippen LogP contribution in [-0.4, -0.2) is 16.2 Å². The Morgan fingerprint density at radius 3 is 2.53 bits per heavy atom. The molecule has 1 aliphatic carbocycles. The molecule has 0 saturated heterocycles. The van der Waals surface area contributed by atoms with Gasteiger partial charge in [-0.15, -0.1) is 0 Å². The molecule has 0 aliphatic heterocycles. The van der Waals surface area contributed by atoms with Crippen LogP contribution in [0.1, 0.15) is 18.4 Å². The molecule has 1 fully saturated rings. The van der Waals surface area contributed by atoms with E-state index in [-0.39, 0.29) is 10.6 Å². The lowest BCUT2D eigenvalue weighted by atomic mass is 9.95. The third-order valence-electron chi connectivity index (χ3n) is 2.72. The van der Waals surface area contributed by atoms with Crippen LogP contribution >= 0.6 is 11.6 Å². The predicted octanol–water partition coefficient (Wildman–Crippen LogP) is 2.30. The molecular formula is C10H8ClFO3. The van der Waals surface area contributed by atoms with Crippen molar-refractivity contribution in [2.24, 2.45) is 0 Å². The summed E-state index contributed by atoms with van der Waals surface area (Å²) in [6.07, 6.45) is 0.748. The highest BCUT2D eigenvalue weighted by molar-refractivity contribution is 6.32. The van der Waals surface area contributed by atoms with E-state index in [9.17, 15) is 14.3 Å². The highest BCUT2D eigenvalue weighted by Gasteiger charge is 2.54. The number of phenolic OH excluding ortho intramolecular Hbond substituents is 1. The summed E-state index contributed by atoms with van der Waals surface area (Å²) in [5.74, 6) is -2.57. The maximum absolute atomic E-state index is 13.1. The van der Waals surface area contributed by atoms with E-state index < -0.39 is 23.0 Å². The number of carboxylic acids is 1. The van der Waals surface area contributed by atoms with E-state index in [0.717, 1.165) is 6.07 Å². The summed E-state index contributed by atoms with van der Waals surface area (Å²) in [7, 11) is 0. The molecule has 0 aromatic heterocycles. The Hall–Kier alpha value is -1.29. The Labute approximate surface area is 90.1 Å². The summed E-state index contributed by atoms with van der Waals surface area (Å²) >= 11 is 5.78. The van der Waals surface area contributed by atoms with Crippen molar-refractivity contribution in [1.29, 1.82) is 0 Å². The summed E-state index contributed by atoms with van der Waals surface area (Å²) in [4.78, 5) is 11.0. The Morgan fingerprint density at radius 1 is 1.47 bits per heavy atom. The lowest BCUT2D eigenvalue weighted by molar-refractivity contribution is -0.140. The van der Waals surface area contributed by atoms with Crippen LogP contribution < -0.4 is 0 Å². The average Bonchev–Trinajstić information content (AvgIpc) is 2.93. The third kappa shape index (κ3) is 1.36. The topological polar surface area (TPSA) is 57.5 Å². The van der Waals surface area contributed by atoms with Gasteiger partial charge in [-0.1, -0.05) is 11.6 Å². The lowest BCUT2D eigenvalue weighted by Gasteiger charge is -2.14. The normalized spacial score (nSPS) is 17.5. The van der Waals surface area contributed by atoms with Gasteiger partial charge in [0.1, 0.15) is 0 Å². The Kier molecular flexibility index (Phi) is 2.12. The van der Waals surface area contributed by atoms with E-state index >= 15 is 0 Å². The fourth-order valence-corrected chi connectivity index (χ4v) is 2.03. The largest absolute Gasteiger partial charge is 0.505 e. The van der Waals surface area contributed by atoms with Gasteiger partial charge >= 0.3 is 5.97 Å². The van der Waals surface area contributed by atoms with Crippen molar-refractivity contribution < 1.29 is 19.4 Å². The molecular weight excluding hydrogens is 223 g/mol. The lowest BCUT2D eigenvalue weighted by Crippen LogP contribution is -2.20. The van der Waals surface area contributed by atoms with Crippen LogP contribution in [-0.2, 0) is 10.2 Å². The van der Waals surface area contributed by atoms with Crippen LogP contribution in [0.2, 0.25) is 5.02 Å². The summed E-state index contributed by atoms with van der Waals surface area (Å²) in [6.45, 7) is 0. The van der Waals surface area contributed by atoms with Gasteiger partial charge in [0.05, 0.1) is 5.41 Å².